The minimum absolute atomic E-state index is 0.0859. The van der Waals surface area contributed by atoms with Crippen molar-refractivity contribution in [3.05, 3.63) is 89.5 Å². The molecular weight excluding hydrogens is 549 g/mol. The van der Waals surface area contributed by atoms with Crippen molar-refractivity contribution >= 4 is 27.8 Å². The normalized spacial score (nSPS) is 12.3. The average molecular weight is 579 g/mol. The van der Waals surface area contributed by atoms with Gasteiger partial charge in [-0.3, -0.25) is 0 Å². The van der Waals surface area contributed by atoms with Gasteiger partial charge in [0.05, 0.1) is 17.7 Å². The fourth-order valence-electron chi connectivity index (χ4n) is 3.64. The molecule has 0 heterocycles. The van der Waals surface area contributed by atoms with Gasteiger partial charge in [0.1, 0.15) is 10.6 Å². The van der Waals surface area contributed by atoms with Crippen molar-refractivity contribution in [1.29, 1.82) is 0 Å². The van der Waals surface area contributed by atoms with Gasteiger partial charge in [0.15, 0.2) is 0 Å². The Hall–Kier alpha value is -4.06. The van der Waals surface area contributed by atoms with Crippen molar-refractivity contribution in [3.8, 4) is 5.75 Å². The second-order valence-electron chi connectivity index (χ2n) is 8.82. The highest BCUT2D eigenvalue weighted by atomic mass is 32.2. The number of carbonyl (C=O) groups is 2. The average Bonchev–Trinajstić information content (AvgIpc) is 2.91. The molecule has 0 aliphatic heterocycles. The van der Waals surface area contributed by atoms with E-state index < -0.39 is 38.8 Å². The molecule has 1 atom stereocenters. The number of rotatable bonds is 10. The number of urea groups is 1. The zero-order valence-electron chi connectivity index (χ0n) is 22.1. The second kappa shape index (κ2) is 12.9. The molecule has 0 fully saturated rings. The topological polar surface area (TPSA) is 102 Å². The molecule has 1 unspecified atom stereocenters. The van der Waals surface area contributed by atoms with Crippen molar-refractivity contribution in [2.24, 2.45) is 0 Å². The standard InChI is InChI=1S/C28H29F3N2O6S/c1-4-19(3)33(27(35)32-23-14-12-21(13-15-23)26(34)38-5-2)18-20-8-6-10-24(16-20)39-40(36,37)25-11-7-9-22(17-25)28(29,30)31/h6-17,19H,4-5,18H2,1-3H3,(H,32,35). The number of alkyl halides is 3. The monoisotopic (exact) mass is 578 g/mol. The Bertz CT molecular complexity index is 1440. The van der Waals surface area contributed by atoms with Crippen LogP contribution in [0.2, 0.25) is 0 Å². The first-order chi connectivity index (χ1) is 18.8. The SMILES string of the molecule is CCOC(=O)c1ccc(NC(=O)N(Cc2cccc(OS(=O)(=O)c3cccc(C(F)(F)F)c3)c2)C(C)CC)cc1. The second-order valence-corrected chi connectivity index (χ2v) is 10.4. The van der Waals surface area contributed by atoms with E-state index in [1.165, 1.54) is 30.3 Å². The van der Waals surface area contributed by atoms with E-state index in [-0.39, 0.29) is 24.9 Å². The maximum atomic E-state index is 13.2. The molecule has 214 valence electrons. The Morgan fingerprint density at radius 2 is 1.65 bits per heavy atom. The van der Waals surface area contributed by atoms with Crippen molar-refractivity contribution in [2.45, 2.75) is 50.9 Å². The summed E-state index contributed by atoms with van der Waals surface area (Å²) in [5.74, 6) is -0.590. The number of nitrogens with zero attached hydrogens (tertiary/aromatic N) is 1. The van der Waals surface area contributed by atoms with Crippen LogP contribution in [0.25, 0.3) is 0 Å². The maximum Gasteiger partial charge on any atom is 0.416 e. The van der Waals surface area contributed by atoms with Crippen LogP contribution in [0.4, 0.5) is 23.7 Å². The van der Waals surface area contributed by atoms with Crippen LogP contribution >= 0.6 is 0 Å². The van der Waals surface area contributed by atoms with Crippen LogP contribution in [0.15, 0.2) is 77.7 Å². The van der Waals surface area contributed by atoms with Crippen molar-refractivity contribution in [3.63, 3.8) is 0 Å². The minimum Gasteiger partial charge on any atom is -0.462 e. The van der Waals surface area contributed by atoms with E-state index in [1.807, 2.05) is 13.8 Å². The third-order valence-corrected chi connectivity index (χ3v) is 7.18. The van der Waals surface area contributed by atoms with Crippen LogP contribution in [0.3, 0.4) is 0 Å². The van der Waals surface area contributed by atoms with Gasteiger partial charge < -0.3 is 19.1 Å². The molecule has 3 aromatic rings. The molecule has 8 nitrogen and oxygen atoms in total. The largest absolute Gasteiger partial charge is 0.462 e. The van der Waals surface area contributed by atoms with Gasteiger partial charge in [0, 0.05) is 18.3 Å². The van der Waals surface area contributed by atoms with Gasteiger partial charge >= 0.3 is 28.3 Å². The smallest absolute Gasteiger partial charge is 0.416 e. The molecule has 0 bridgehead atoms. The number of esters is 1. The van der Waals surface area contributed by atoms with Gasteiger partial charge in [0.2, 0.25) is 0 Å². The molecule has 40 heavy (non-hydrogen) atoms. The number of carbonyl (C=O) groups excluding carboxylic acids is 2. The van der Waals surface area contributed by atoms with E-state index in [2.05, 4.69) is 5.32 Å². The lowest BCUT2D eigenvalue weighted by Crippen LogP contribution is -2.40. The molecule has 0 aliphatic carbocycles. The van der Waals surface area contributed by atoms with E-state index in [1.54, 1.807) is 30.0 Å². The summed E-state index contributed by atoms with van der Waals surface area (Å²) in [5, 5.41) is 2.78. The zero-order valence-corrected chi connectivity index (χ0v) is 22.9. The number of hydrogen-bond acceptors (Lipinski definition) is 6. The third-order valence-electron chi connectivity index (χ3n) is 5.94. The number of anilines is 1. The molecular formula is C28H29F3N2O6S. The zero-order chi connectivity index (χ0) is 29.5. The molecule has 1 N–H and O–H groups in total. The number of ether oxygens (including phenoxy) is 1. The summed E-state index contributed by atoms with van der Waals surface area (Å²) < 4.78 is 74.6. The Labute approximate surface area is 230 Å². The molecule has 0 aromatic heterocycles. The fourth-order valence-corrected chi connectivity index (χ4v) is 4.61. The van der Waals surface area contributed by atoms with E-state index >= 15 is 0 Å². The predicted octanol–water partition coefficient (Wildman–Crippen LogP) is 6.48. The minimum atomic E-state index is -4.71. The van der Waals surface area contributed by atoms with Crippen molar-refractivity contribution < 1.29 is 40.1 Å². The first-order valence-corrected chi connectivity index (χ1v) is 13.8. The predicted molar refractivity (Wildman–Crippen MR) is 142 cm³/mol. The highest BCUT2D eigenvalue weighted by Crippen LogP contribution is 2.31. The van der Waals surface area contributed by atoms with Gasteiger partial charge in [-0.15, -0.1) is 0 Å². The molecule has 0 aliphatic rings. The summed E-state index contributed by atoms with van der Waals surface area (Å²) in [6.45, 7) is 5.78. The fraction of sp³-hybridized carbons (Fsp3) is 0.286. The highest BCUT2D eigenvalue weighted by Gasteiger charge is 2.32. The van der Waals surface area contributed by atoms with E-state index in [0.717, 1.165) is 18.2 Å². The van der Waals surface area contributed by atoms with Gasteiger partial charge in [0.25, 0.3) is 0 Å². The van der Waals surface area contributed by atoms with Gasteiger partial charge in [-0.25, -0.2) is 9.59 Å². The summed E-state index contributed by atoms with van der Waals surface area (Å²) in [4.78, 5) is 25.9. The van der Waals surface area contributed by atoms with Crippen LogP contribution in [0.5, 0.6) is 5.75 Å². The third kappa shape index (κ3) is 7.98. The lowest BCUT2D eigenvalue weighted by atomic mass is 10.1. The molecule has 0 saturated carbocycles. The molecule has 12 heteroatoms. The van der Waals surface area contributed by atoms with Crippen LogP contribution in [0.1, 0.15) is 48.7 Å². The quantitative estimate of drug-likeness (QED) is 0.218. The molecule has 0 saturated heterocycles. The summed E-state index contributed by atoms with van der Waals surface area (Å²) >= 11 is 0. The van der Waals surface area contributed by atoms with Gasteiger partial charge in [-0.1, -0.05) is 25.1 Å². The first-order valence-electron chi connectivity index (χ1n) is 12.4. The van der Waals surface area contributed by atoms with Gasteiger partial charge in [-0.2, -0.15) is 21.6 Å². The van der Waals surface area contributed by atoms with Gasteiger partial charge in [-0.05, 0) is 80.4 Å². The van der Waals surface area contributed by atoms with Crippen LogP contribution in [-0.2, 0) is 27.6 Å². The first kappa shape index (κ1) is 30.5. The molecule has 0 spiro atoms. The summed E-state index contributed by atoms with van der Waals surface area (Å²) in [7, 11) is -4.56. The molecule has 3 aromatic carbocycles. The number of benzene rings is 3. The Balaban J connectivity index is 1.76. The Morgan fingerprint density at radius 1 is 0.975 bits per heavy atom. The number of halogens is 3. The molecule has 3 rings (SSSR count). The number of nitrogens with one attached hydrogen (secondary N) is 1. The lowest BCUT2D eigenvalue weighted by molar-refractivity contribution is -0.137. The van der Waals surface area contributed by atoms with Crippen LogP contribution in [0, 0.1) is 0 Å². The maximum absolute atomic E-state index is 13.2. The van der Waals surface area contributed by atoms with Crippen LogP contribution < -0.4 is 9.50 Å². The summed E-state index contributed by atoms with van der Waals surface area (Å²) in [6, 6.07) is 14.8. The van der Waals surface area contributed by atoms with E-state index in [4.69, 9.17) is 8.92 Å². The summed E-state index contributed by atoms with van der Waals surface area (Å²) in [6.07, 6.45) is -4.09. The Kier molecular flexibility index (Phi) is 9.80. The van der Waals surface area contributed by atoms with Crippen molar-refractivity contribution in [1.82, 2.24) is 4.90 Å². The number of hydrogen-bond donors (Lipinski definition) is 1. The highest BCUT2D eigenvalue weighted by molar-refractivity contribution is 7.87. The number of amides is 2. The molecule has 0 radical (unpaired) electrons. The Morgan fingerprint density at radius 3 is 2.27 bits per heavy atom. The lowest BCUT2D eigenvalue weighted by Gasteiger charge is -2.29. The van der Waals surface area contributed by atoms with Crippen molar-refractivity contribution in [2.75, 3.05) is 11.9 Å². The van der Waals surface area contributed by atoms with E-state index in [0.29, 0.717) is 29.3 Å². The van der Waals surface area contributed by atoms with Crippen LogP contribution in [-0.4, -0.2) is 38.0 Å². The van der Waals surface area contributed by atoms with E-state index in [9.17, 15) is 31.2 Å². The molecule has 2 amide bonds. The summed E-state index contributed by atoms with van der Waals surface area (Å²) in [5.41, 5.74) is 0.215.